The average molecular weight is 342 g/mol. The molecule has 0 aliphatic rings. The van der Waals surface area contributed by atoms with Crippen LogP contribution in [0, 0.1) is 0 Å². The number of nitrogens with one attached hydrogen (secondary N) is 2. The summed E-state index contributed by atoms with van der Waals surface area (Å²) >= 11 is 0. The molecule has 2 N–H and O–H groups in total. The quantitative estimate of drug-likeness (QED) is 0.640. The zero-order valence-electron chi connectivity index (χ0n) is 13.7. The molecule has 25 heavy (non-hydrogen) atoms. The normalized spacial score (nSPS) is 10.6. The van der Waals surface area contributed by atoms with Crippen LogP contribution >= 0.6 is 0 Å². The van der Waals surface area contributed by atoms with E-state index >= 15 is 0 Å². The van der Waals surface area contributed by atoms with Crippen LogP contribution in [0.1, 0.15) is 11.5 Å². The van der Waals surface area contributed by atoms with Crippen molar-refractivity contribution in [3.05, 3.63) is 54.1 Å². The Labute approximate surface area is 144 Å². The summed E-state index contributed by atoms with van der Waals surface area (Å²) < 4.78 is 15.4. The summed E-state index contributed by atoms with van der Waals surface area (Å²) in [4.78, 5) is 16.2. The first-order chi connectivity index (χ1) is 12.3. The summed E-state index contributed by atoms with van der Waals surface area (Å²) in [5, 5.41) is 9.42. The number of anilines is 1. The molecule has 0 aliphatic heterocycles. The number of urea groups is 1. The van der Waals surface area contributed by atoms with Gasteiger partial charge in [0.15, 0.2) is 5.76 Å². The van der Waals surface area contributed by atoms with Gasteiger partial charge in [-0.1, -0.05) is 23.4 Å². The maximum absolute atomic E-state index is 11.9. The number of hydrogen-bond acceptors (Lipinski definition) is 6. The minimum Gasteiger partial charge on any atom is -0.461 e. The number of benzene rings is 1. The van der Waals surface area contributed by atoms with Gasteiger partial charge >= 0.3 is 6.03 Å². The van der Waals surface area contributed by atoms with Crippen LogP contribution in [-0.4, -0.2) is 36.4 Å². The van der Waals surface area contributed by atoms with Crippen molar-refractivity contribution < 1.29 is 18.5 Å². The zero-order chi connectivity index (χ0) is 17.5. The Hall–Kier alpha value is -3.13. The highest BCUT2D eigenvalue weighted by Gasteiger charge is 2.13. The van der Waals surface area contributed by atoms with Gasteiger partial charge in [0.2, 0.25) is 11.7 Å². The first-order valence-electron chi connectivity index (χ1n) is 7.74. The van der Waals surface area contributed by atoms with Crippen molar-refractivity contribution in [2.45, 2.75) is 6.42 Å². The molecular formula is C17H18N4O4. The van der Waals surface area contributed by atoms with Crippen molar-refractivity contribution in [2.75, 3.05) is 25.6 Å². The number of hydrogen-bond donors (Lipinski definition) is 2. The summed E-state index contributed by atoms with van der Waals surface area (Å²) in [6.07, 6.45) is 1.94. The molecule has 130 valence electrons. The lowest BCUT2D eigenvalue weighted by molar-refractivity contribution is 0.198. The summed E-state index contributed by atoms with van der Waals surface area (Å²) in [5.74, 6) is 1.36. The van der Waals surface area contributed by atoms with E-state index in [9.17, 15) is 4.79 Å². The predicted octanol–water partition coefficient (Wildman–Crippen LogP) is 2.69. The molecule has 8 heteroatoms. The molecule has 0 radical (unpaired) electrons. The molecule has 0 fully saturated rings. The fraction of sp³-hybridized carbons (Fsp3) is 0.235. The summed E-state index contributed by atoms with van der Waals surface area (Å²) in [6, 6.07) is 10.6. The molecule has 0 spiro atoms. The number of nitrogens with zero attached hydrogens (tertiary/aromatic N) is 2. The number of carbonyl (C=O) groups is 1. The van der Waals surface area contributed by atoms with E-state index in [0.717, 1.165) is 5.56 Å². The van der Waals surface area contributed by atoms with Crippen LogP contribution in [0.5, 0.6) is 0 Å². The monoisotopic (exact) mass is 342 g/mol. The van der Waals surface area contributed by atoms with Crippen LogP contribution in [0.2, 0.25) is 0 Å². The molecule has 3 rings (SSSR count). The lowest BCUT2D eigenvalue weighted by Crippen LogP contribution is -2.31. The van der Waals surface area contributed by atoms with Gasteiger partial charge in [0, 0.05) is 19.3 Å². The van der Waals surface area contributed by atoms with Gasteiger partial charge < -0.3 is 24.3 Å². The second-order valence-electron chi connectivity index (χ2n) is 5.20. The molecule has 0 bridgehead atoms. The van der Waals surface area contributed by atoms with Crippen LogP contribution in [0.3, 0.4) is 0 Å². The number of furan rings is 1. The van der Waals surface area contributed by atoms with E-state index < -0.39 is 0 Å². The van der Waals surface area contributed by atoms with Crippen LogP contribution < -0.4 is 10.6 Å². The average Bonchev–Trinajstić information content (AvgIpc) is 3.28. The Morgan fingerprint density at radius 1 is 1.24 bits per heavy atom. The van der Waals surface area contributed by atoms with Crippen molar-refractivity contribution in [1.29, 1.82) is 0 Å². The SMILES string of the molecule is COCCNC(=O)Nc1ccccc1Cc1nc(-c2ccco2)no1. The Balaban J connectivity index is 1.68. The smallest absolute Gasteiger partial charge is 0.319 e. The van der Waals surface area contributed by atoms with Gasteiger partial charge in [-0.05, 0) is 23.8 Å². The van der Waals surface area contributed by atoms with E-state index in [0.29, 0.717) is 42.7 Å². The number of methoxy groups -OCH3 is 1. The maximum atomic E-state index is 11.9. The fourth-order valence-corrected chi connectivity index (χ4v) is 2.22. The fourth-order valence-electron chi connectivity index (χ4n) is 2.22. The minimum absolute atomic E-state index is 0.300. The van der Waals surface area contributed by atoms with Gasteiger partial charge in [0.1, 0.15) is 0 Å². The molecule has 8 nitrogen and oxygen atoms in total. The molecule has 0 unspecified atom stereocenters. The Kier molecular flexibility index (Phi) is 5.43. The number of carbonyl (C=O) groups excluding carboxylic acids is 1. The highest BCUT2D eigenvalue weighted by molar-refractivity contribution is 5.90. The lowest BCUT2D eigenvalue weighted by Gasteiger charge is -2.10. The Morgan fingerprint density at radius 2 is 2.12 bits per heavy atom. The minimum atomic E-state index is -0.300. The largest absolute Gasteiger partial charge is 0.461 e. The van der Waals surface area contributed by atoms with Crippen LogP contribution in [0.25, 0.3) is 11.6 Å². The van der Waals surface area contributed by atoms with E-state index in [1.807, 2.05) is 24.3 Å². The highest BCUT2D eigenvalue weighted by atomic mass is 16.5. The molecule has 0 aliphatic carbocycles. The zero-order valence-corrected chi connectivity index (χ0v) is 13.7. The third-order valence-corrected chi connectivity index (χ3v) is 3.41. The van der Waals surface area contributed by atoms with Gasteiger partial charge in [-0.3, -0.25) is 0 Å². The summed E-state index contributed by atoms with van der Waals surface area (Å²) in [6.45, 7) is 0.882. The standard InChI is InChI=1S/C17H18N4O4/c1-23-10-8-18-17(22)19-13-6-3-2-5-12(13)11-15-20-16(21-25-15)14-7-4-9-24-14/h2-7,9H,8,10-11H2,1H3,(H2,18,19,22). The number of para-hydroxylation sites is 1. The van der Waals surface area contributed by atoms with Crippen molar-refractivity contribution in [1.82, 2.24) is 15.5 Å². The molecule has 2 heterocycles. The first kappa shape index (κ1) is 16.7. The lowest BCUT2D eigenvalue weighted by atomic mass is 10.1. The van der Waals surface area contributed by atoms with Gasteiger partial charge in [-0.25, -0.2) is 4.79 Å². The van der Waals surface area contributed by atoms with Gasteiger partial charge in [0.25, 0.3) is 0 Å². The molecule has 2 amide bonds. The van der Waals surface area contributed by atoms with E-state index in [1.165, 1.54) is 0 Å². The summed E-state index contributed by atoms with van der Waals surface area (Å²) in [7, 11) is 1.58. The maximum Gasteiger partial charge on any atom is 0.319 e. The van der Waals surface area contributed by atoms with Crippen molar-refractivity contribution in [3.63, 3.8) is 0 Å². The highest BCUT2D eigenvalue weighted by Crippen LogP contribution is 2.21. The van der Waals surface area contributed by atoms with Gasteiger partial charge in [-0.15, -0.1) is 0 Å². The molecule has 0 saturated heterocycles. The number of aromatic nitrogens is 2. The van der Waals surface area contributed by atoms with Crippen LogP contribution in [0.4, 0.5) is 10.5 Å². The number of ether oxygens (including phenoxy) is 1. The second kappa shape index (κ2) is 8.11. The van der Waals surface area contributed by atoms with Crippen molar-refractivity contribution >= 4 is 11.7 Å². The third kappa shape index (κ3) is 4.45. The molecule has 0 atom stereocenters. The molecule has 0 saturated carbocycles. The molecular weight excluding hydrogens is 324 g/mol. The number of rotatable bonds is 7. The van der Waals surface area contributed by atoms with Crippen molar-refractivity contribution in [2.24, 2.45) is 0 Å². The van der Waals surface area contributed by atoms with E-state index in [-0.39, 0.29) is 6.03 Å². The Morgan fingerprint density at radius 3 is 2.92 bits per heavy atom. The van der Waals surface area contributed by atoms with Gasteiger partial charge in [-0.2, -0.15) is 4.98 Å². The van der Waals surface area contributed by atoms with Gasteiger partial charge in [0.05, 0.1) is 19.3 Å². The van der Waals surface area contributed by atoms with Crippen molar-refractivity contribution in [3.8, 4) is 11.6 Å². The molecule has 3 aromatic rings. The van der Waals surface area contributed by atoms with E-state index in [4.69, 9.17) is 13.7 Å². The number of amides is 2. The topological polar surface area (TPSA) is 102 Å². The van der Waals surface area contributed by atoms with Crippen LogP contribution in [-0.2, 0) is 11.2 Å². The molecule has 2 aromatic heterocycles. The first-order valence-corrected chi connectivity index (χ1v) is 7.74. The molecule has 1 aromatic carbocycles. The predicted molar refractivity (Wildman–Crippen MR) is 90.1 cm³/mol. The summed E-state index contributed by atoms with van der Waals surface area (Å²) in [5.41, 5.74) is 1.54. The van der Waals surface area contributed by atoms with Crippen LogP contribution in [0.15, 0.2) is 51.6 Å². The third-order valence-electron chi connectivity index (χ3n) is 3.41. The second-order valence-corrected chi connectivity index (χ2v) is 5.20. The van der Waals surface area contributed by atoms with E-state index in [2.05, 4.69) is 20.8 Å². The van der Waals surface area contributed by atoms with E-state index in [1.54, 1.807) is 25.5 Å². The Bertz CT molecular complexity index is 814.